The summed E-state index contributed by atoms with van der Waals surface area (Å²) in [5.41, 5.74) is 0.0722. The van der Waals surface area contributed by atoms with Crippen LogP contribution in [0.1, 0.15) is 19.5 Å². The van der Waals surface area contributed by atoms with Gasteiger partial charge in [-0.2, -0.15) is 0 Å². The van der Waals surface area contributed by atoms with Crippen LogP contribution < -0.4 is 5.32 Å². The van der Waals surface area contributed by atoms with Crippen molar-refractivity contribution in [2.75, 3.05) is 7.05 Å². The first-order valence-electron chi connectivity index (χ1n) is 5.73. The average molecular weight is 269 g/mol. The molecule has 0 fully saturated rings. The second-order valence-corrected chi connectivity index (χ2v) is 4.74. The molecule has 0 atom stereocenters. The van der Waals surface area contributed by atoms with Gasteiger partial charge < -0.3 is 5.32 Å². The third-order valence-electron chi connectivity index (χ3n) is 3.15. The zero-order valence-corrected chi connectivity index (χ0v) is 10.8. The third-order valence-corrected chi connectivity index (χ3v) is 3.15. The Hall–Kier alpha value is -1.82. The molecule has 0 aliphatic heterocycles. The first kappa shape index (κ1) is 13.6. The van der Waals surface area contributed by atoms with Crippen LogP contribution in [0.15, 0.2) is 24.7 Å². The Labute approximate surface area is 109 Å². The van der Waals surface area contributed by atoms with Crippen molar-refractivity contribution in [3.63, 3.8) is 0 Å². The molecule has 0 bridgehead atoms. The van der Waals surface area contributed by atoms with Gasteiger partial charge >= 0.3 is 0 Å². The van der Waals surface area contributed by atoms with E-state index >= 15 is 0 Å². The summed E-state index contributed by atoms with van der Waals surface area (Å²) < 4.78 is 41.4. The van der Waals surface area contributed by atoms with E-state index in [1.165, 1.54) is 10.9 Å². The van der Waals surface area contributed by atoms with Crippen LogP contribution in [0.4, 0.5) is 13.2 Å². The number of nitrogens with zero attached hydrogens (tertiary/aromatic N) is 2. The van der Waals surface area contributed by atoms with Crippen molar-refractivity contribution in [3.05, 3.63) is 47.8 Å². The molecule has 0 aliphatic rings. The molecule has 2 rings (SSSR count). The molecule has 3 nitrogen and oxygen atoms in total. The smallest absolute Gasteiger partial charge is 0.161 e. The number of imidazole rings is 1. The van der Waals surface area contributed by atoms with Crippen molar-refractivity contribution in [2.45, 2.75) is 19.4 Å². The summed E-state index contributed by atoms with van der Waals surface area (Å²) in [6, 6.07) is 1.35. The zero-order chi connectivity index (χ0) is 14.2. The highest BCUT2D eigenvalue weighted by molar-refractivity contribution is 5.37. The normalized spacial score (nSPS) is 11.9. The predicted octanol–water partition coefficient (Wildman–Crippen LogP) is 2.74. The summed E-state index contributed by atoms with van der Waals surface area (Å²) >= 11 is 0. The van der Waals surface area contributed by atoms with Crippen LogP contribution in [0.2, 0.25) is 0 Å². The van der Waals surface area contributed by atoms with E-state index < -0.39 is 23.0 Å². The number of rotatable bonds is 3. The van der Waals surface area contributed by atoms with Gasteiger partial charge in [0.15, 0.2) is 11.6 Å². The van der Waals surface area contributed by atoms with Crippen molar-refractivity contribution < 1.29 is 13.2 Å². The van der Waals surface area contributed by atoms with E-state index in [2.05, 4.69) is 10.3 Å². The summed E-state index contributed by atoms with van der Waals surface area (Å²) in [5.74, 6) is -3.15. The van der Waals surface area contributed by atoms with Gasteiger partial charge in [-0.25, -0.2) is 18.2 Å². The SMILES string of the molecule is CNC(C)(C)c1cncn1-c1cc(F)c(F)cc1F. The van der Waals surface area contributed by atoms with Crippen LogP contribution in [0.5, 0.6) is 0 Å². The van der Waals surface area contributed by atoms with Crippen molar-refractivity contribution in [3.8, 4) is 5.69 Å². The number of benzene rings is 1. The van der Waals surface area contributed by atoms with Crippen LogP contribution in [-0.4, -0.2) is 16.6 Å². The first-order valence-corrected chi connectivity index (χ1v) is 5.73. The topological polar surface area (TPSA) is 29.9 Å². The summed E-state index contributed by atoms with van der Waals surface area (Å²) in [4.78, 5) is 3.95. The predicted molar refractivity (Wildman–Crippen MR) is 65.5 cm³/mol. The molecule has 2 aromatic rings. The minimum Gasteiger partial charge on any atom is -0.310 e. The van der Waals surface area contributed by atoms with E-state index in [0.717, 1.165) is 6.07 Å². The number of halogens is 3. The Kier molecular flexibility index (Phi) is 3.36. The molecule has 1 aromatic carbocycles. The lowest BCUT2D eigenvalue weighted by atomic mass is 10.0. The Morgan fingerprint density at radius 2 is 1.74 bits per heavy atom. The lowest BCUT2D eigenvalue weighted by Crippen LogP contribution is -2.35. The van der Waals surface area contributed by atoms with Crippen LogP contribution >= 0.6 is 0 Å². The number of hydrogen-bond acceptors (Lipinski definition) is 2. The van der Waals surface area contributed by atoms with E-state index in [4.69, 9.17) is 0 Å². The Morgan fingerprint density at radius 1 is 1.11 bits per heavy atom. The average Bonchev–Trinajstić information content (AvgIpc) is 2.83. The second kappa shape index (κ2) is 4.70. The fourth-order valence-electron chi connectivity index (χ4n) is 1.77. The van der Waals surface area contributed by atoms with Crippen LogP contribution in [0, 0.1) is 17.5 Å². The van der Waals surface area contributed by atoms with Gasteiger partial charge in [-0.15, -0.1) is 0 Å². The molecular weight excluding hydrogens is 255 g/mol. The van der Waals surface area contributed by atoms with E-state index in [-0.39, 0.29) is 5.69 Å². The Balaban J connectivity index is 2.61. The van der Waals surface area contributed by atoms with Crippen LogP contribution in [-0.2, 0) is 5.54 Å². The summed E-state index contributed by atoms with van der Waals surface area (Å²) in [5, 5.41) is 3.05. The molecule has 0 saturated heterocycles. The number of nitrogens with one attached hydrogen (secondary N) is 1. The Morgan fingerprint density at radius 3 is 2.37 bits per heavy atom. The van der Waals surface area contributed by atoms with E-state index in [1.54, 1.807) is 13.2 Å². The van der Waals surface area contributed by atoms with Gasteiger partial charge in [-0.05, 0) is 20.9 Å². The van der Waals surface area contributed by atoms with E-state index in [9.17, 15) is 13.2 Å². The lowest BCUT2D eigenvalue weighted by molar-refractivity contribution is 0.422. The number of aromatic nitrogens is 2. The Bertz CT molecular complexity index is 605. The molecule has 19 heavy (non-hydrogen) atoms. The molecule has 1 N–H and O–H groups in total. The highest BCUT2D eigenvalue weighted by Crippen LogP contribution is 2.25. The molecule has 1 heterocycles. The first-order chi connectivity index (χ1) is 8.86. The molecule has 1 aromatic heterocycles. The molecule has 6 heteroatoms. The second-order valence-electron chi connectivity index (χ2n) is 4.74. The van der Waals surface area contributed by atoms with Crippen molar-refractivity contribution >= 4 is 0 Å². The van der Waals surface area contributed by atoms with Gasteiger partial charge in [0, 0.05) is 12.1 Å². The van der Waals surface area contributed by atoms with Crippen molar-refractivity contribution in [1.29, 1.82) is 0 Å². The largest absolute Gasteiger partial charge is 0.310 e. The quantitative estimate of drug-likeness (QED) is 0.868. The van der Waals surface area contributed by atoms with Gasteiger partial charge in [0.05, 0.1) is 29.4 Å². The summed E-state index contributed by atoms with van der Waals surface area (Å²) in [6.45, 7) is 3.75. The summed E-state index contributed by atoms with van der Waals surface area (Å²) in [7, 11) is 1.75. The molecule has 102 valence electrons. The van der Waals surface area contributed by atoms with Gasteiger partial charge in [0.25, 0.3) is 0 Å². The van der Waals surface area contributed by atoms with Crippen molar-refractivity contribution in [2.24, 2.45) is 0 Å². The van der Waals surface area contributed by atoms with Crippen LogP contribution in [0.3, 0.4) is 0 Å². The van der Waals surface area contributed by atoms with Gasteiger partial charge in [0.1, 0.15) is 5.82 Å². The molecular formula is C13H14F3N3. The highest BCUT2D eigenvalue weighted by atomic mass is 19.2. The summed E-state index contributed by atoms with van der Waals surface area (Å²) in [6.07, 6.45) is 2.92. The molecule has 0 unspecified atom stereocenters. The van der Waals surface area contributed by atoms with Gasteiger partial charge in [-0.3, -0.25) is 4.57 Å². The standard InChI is InChI=1S/C13H14F3N3/c1-13(2,17-3)12-6-18-7-19(12)11-5-9(15)8(14)4-10(11)16/h4-7,17H,1-3H3. The van der Waals surface area contributed by atoms with Crippen LogP contribution in [0.25, 0.3) is 5.69 Å². The monoisotopic (exact) mass is 269 g/mol. The minimum atomic E-state index is -1.21. The maximum Gasteiger partial charge on any atom is 0.161 e. The highest BCUT2D eigenvalue weighted by Gasteiger charge is 2.24. The fourth-order valence-corrected chi connectivity index (χ4v) is 1.77. The van der Waals surface area contributed by atoms with Gasteiger partial charge in [-0.1, -0.05) is 0 Å². The third kappa shape index (κ3) is 2.35. The van der Waals surface area contributed by atoms with Gasteiger partial charge in [0.2, 0.25) is 0 Å². The number of hydrogen-bond donors (Lipinski definition) is 1. The molecule has 0 radical (unpaired) electrons. The molecule has 0 aliphatic carbocycles. The molecule has 0 saturated carbocycles. The maximum atomic E-state index is 13.8. The van der Waals surface area contributed by atoms with E-state index in [1.807, 2.05) is 13.8 Å². The fraction of sp³-hybridized carbons (Fsp3) is 0.308. The molecule has 0 amide bonds. The zero-order valence-electron chi connectivity index (χ0n) is 10.8. The van der Waals surface area contributed by atoms with E-state index in [0.29, 0.717) is 11.8 Å². The minimum absolute atomic E-state index is 0.0743. The maximum absolute atomic E-state index is 13.8. The lowest BCUT2D eigenvalue weighted by Gasteiger charge is -2.25. The molecule has 0 spiro atoms. The van der Waals surface area contributed by atoms with Crippen molar-refractivity contribution in [1.82, 2.24) is 14.9 Å².